The van der Waals surface area contributed by atoms with Crippen LogP contribution in [-0.2, 0) is 9.53 Å². The Labute approximate surface area is 103 Å². The van der Waals surface area contributed by atoms with Crippen LogP contribution in [0.25, 0.3) is 0 Å². The molecule has 3 nitrogen and oxygen atoms in total. The Hall–Kier alpha value is -1.51. The van der Waals surface area contributed by atoms with Gasteiger partial charge in [-0.2, -0.15) is 0 Å². The maximum atomic E-state index is 10.9. The van der Waals surface area contributed by atoms with Crippen molar-refractivity contribution < 1.29 is 14.3 Å². The number of carbonyl (C=O) groups is 1. The zero-order valence-corrected chi connectivity index (χ0v) is 10.7. The summed E-state index contributed by atoms with van der Waals surface area (Å²) >= 11 is 0. The van der Waals surface area contributed by atoms with Crippen molar-refractivity contribution in [3.63, 3.8) is 0 Å². The minimum atomic E-state index is -0.190. The third-order valence-electron chi connectivity index (χ3n) is 2.55. The van der Waals surface area contributed by atoms with Crippen LogP contribution >= 0.6 is 0 Å². The summed E-state index contributed by atoms with van der Waals surface area (Å²) in [5.41, 5.74) is 1.26. The molecule has 0 aromatic heterocycles. The molecule has 17 heavy (non-hydrogen) atoms. The summed E-state index contributed by atoms with van der Waals surface area (Å²) in [7, 11) is 1.40. The first-order valence-electron chi connectivity index (χ1n) is 5.93. The van der Waals surface area contributed by atoms with Crippen LogP contribution in [-0.4, -0.2) is 19.7 Å². The Bertz CT molecular complexity index is 358. The largest absolute Gasteiger partial charge is 0.494 e. The van der Waals surface area contributed by atoms with E-state index in [2.05, 4.69) is 24.7 Å². The van der Waals surface area contributed by atoms with Crippen LogP contribution in [0.2, 0.25) is 0 Å². The number of rotatable bonds is 6. The Kier molecular flexibility index (Phi) is 5.53. The Morgan fingerprint density at radius 2 is 2.12 bits per heavy atom. The summed E-state index contributed by atoms with van der Waals surface area (Å²) in [4.78, 5) is 10.9. The van der Waals surface area contributed by atoms with Crippen molar-refractivity contribution >= 4 is 5.97 Å². The average molecular weight is 236 g/mol. The first-order valence-corrected chi connectivity index (χ1v) is 5.93. The molecule has 0 amide bonds. The van der Waals surface area contributed by atoms with E-state index in [1.165, 1.54) is 12.7 Å². The van der Waals surface area contributed by atoms with E-state index in [0.29, 0.717) is 25.4 Å². The van der Waals surface area contributed by atoms with Gasteiger partial charge in [0, 0.05) is 6.42 Å². The molecule has 1 aromatic carbocycles. The van der Waals surface area contributed by atoms with Crippen molar-refractivity contribution in [2.24, 2.45) is 0 Å². The Balaban J connectivity index is 2.36. The van der Waals surface area contributed by atoms with Crippen LogP contribution in [0.5, 0.6) is 5.75 Å². The summed E-state index contributed by atoms with van der Waals surface area (Å²) in [6, 6.07) is 8.06. The minimum absolute atomic E-state index is 0.190. The predicted octanol–water partition coefficient (Wildman–Crippen LogP) is 3.14. The highest BCUT2D eigenvalue weighted by Crippen LogP contribution is 2.20. The van der Waals surface area contributed by atoms with Crippen molar-refractivity contribution in [1.82, 2.24) is 0 Å². The molecule has 1 aromatic rings. The SMILES string of the molecule is COC(=O)CCCOc1cccc(C(C)C)c1. The van der Waals surface area contributed by atoms with Crippen LogP contribution in [0.4, 0.5) is 0 Å². The maximum Gasteiger partial charge on any atom is 0.305 e. The molecule has 0 N–H and O–H groups in total. The van der Waals surface area contributed by atoms with E-state index in [-0.39, 0.29) is 5.97 Å². The number of benzene rings is 1. The second-order valence-corrected chi connectivity index (χ2v) is 4.26. The molecular formula is C14H20O3. The van der Waals surface area contributed by atoms with E-state index < -0.39 is 0 Å². The van der Waals surface area contributed by atoms with E-state index in [1.54, 1.807) is 0 Å². The van der Waals surface area contributed by atoms with Crippen LogP contribution in [0.3, 0.4) is 0 Å². The van der Waals surface area contributed by atoms with Gasteiger partial charge in [-0.25, -0.2) is 0 Å². The molecule has 0 atom stereocenters. The van der Waals surface area contributed by atoms with Gasteiger partial charge in [0.1, 0.15) is 5.75 Å². The van der Waals surface area contributed by atoms with Crippen LogP contribution < -0.4 is 4.74 Å². The molecule has 0 heterocycles. The van der Waals surface area contributed by atoms with E-state index in [4.69, 9.17) is 4.74 Å². The zero-order valence-electron chi connectivity index (χ0n) is 10.7. The van der Waals surface area contributed by atoms with Crippen molar-refractivity contribution in [2.75, 3.05) is 13.7 Å². The molecule has 94 valence electrons. The summed E-state index contributed by atoms with van der Waals surface area (Å²) < 4.78 is 10.1. The molecule has 0 saturated heterocycles. The van der Waals surface area contributed by atoms with E-state index >= 15 is 0 Å². The van der Waals surface area contributed by atoms with Gasteiger partial charge in [0.05, 0.1) is 13.7 Å². The van der Waals surface area contributed by atoms with Crippen LogP contribution in [0, 0.1) is 0 Å². The number of carbonyl (C=O) groups excluding carboxylic acids is 1. The van der Waals surface area contributed by atoms with Gasteiger partial charge in [-0.3, -0.25) is 4.79 Å². The first kappa shape index (κ1) is 13.6. The Morgan fingerprint density at radius 1 is 1.35 bits per heavy atom. The van der Waals surface area contributed by atoms with Crippen molar-refractivity contribution in [3.8, 4) is 5.75 Å². The van der Waals surface area contributed by atoms with E-state index in [0.717, 1.165) is 5.75 Å². The highest BCUT2D eigenvalue weighted by atomic mass is 16.5. The fourth-order valence-corrected chi connectivity index (χ4v) is 1.47. The summed E-state index contributed by atoms with van der Waals surface area (Å²) in [6.07, 6.45) is 1.08. The van der Waals surface area contributed by atoms with Crippen LogP contribution in [0.15, 0.2) is 24.3 Å². The number of esters is 1. The molecule has 0 fully saturated rings. The second kappa shape index (κ2) is 6.94. The molecule has 0 spiro atoms. The van der Waals surface area contributed by atoms with Gasteiger partial charge in [-0.05, 0) is 30.0 Å². The molecule has 3 heteroatoms. The quantitative estimate of drug-likeness (QED) is 0.562. The highest BCUT2D eigenvalue weighted by Gasteiger charge is 2.02. The summed E-state index contributed by atoms with van der Waals surface area (Å²) in [5, 5.41) is 0. The monoisotopic (exact) mass is 236 g/mol. The van der Waals surface area contributed by atoms with E-state index in [9.17, 15) is 4.79 Å². The van der Waals surface area contributed by atoms with Gasteiger partial charge in [0.25, 0.3) is 0 Å². The topological polar surface area (TPSA) is 35.5 Å². The molecule has 1 rings (SSSR count). The fraction of sp³-hybridized carbons (Fsp3) is 0.500. The van der Waals surface area contributed by atoms with E-state index in [1.807, 2.05) is 18.2 Å². The van der Waals surface area contributed by atoms with Gasteiger partial charge < -0.3 is 9.47 Å². The predicted molar refractivity (Wildman–Crippen MR) is 67.3 cm³/mol. The van der Waals surface area contributed by atoms with Gasteiger partial charge in [-0.1, -0.05) is 26.0 Å². The maximum absolute atomic E-state index is 10.9. The standard InChI is InChI=1S/C14H20O3/c1-11(2)12-6-4-7-13(10-12)17-9-5-8-14(15)16-3/h4,6-7,10-11H,5,8-9H2,1-3H3. The number of ether oxygens (including phenoxy) is 2. The molecule has 0 unspecified atom stereocenters. The Morgan fingerprint density at radius 3 is 2.76 bits per heavy atom. The number of hydrogen-bond donors (Lipinski definition) is 0. The zero-order chi connectivity index (χ0) is 12.7. The molecule has 0 saturated carbocycles. The smallest absolute Gasteiger partial charge is 0.305 e. The average Bonchev–Trinajstić information content (AvgIpc) is 2.34. The van der Waals surface area contributed by atoms with Crippen molar-refractivity contribution in [1.29, 1.82) is 0 Å². The van der Waals surface area contributed by atoms with Gasteiger partial charge >= 0.3 is 5.97 Å². The minimum Gasteiger partial charge on any atom is -0.494 e. The highest BCUT2D eigenvalue weighted by molar-refractivity contribution is 5.69. The van der Waals surface area contributed by atoms with Crippen molar-refractivity contribution in [3.05, 3.63) is 29.8 Å². The van der Waals surface area contributed by atoms with Gasteiger partial charge in [0.2, 0.25) is 0 Å². The third-order valence-corrected chi connectivity index (χ3v) is 2.55. The molecule has 0 aliphatic heterocycles. The molecule has 0 bridgehead atoms. The summed E-state index contributed by atoms with van der Waals surface area (Å²) in [5.74, 6) is 1.17. The molecule has 0 aliphatic rings. The number of methoxy groups -OCH3 is 1. The summed E-state index contributed by atoms with van der Waals surface area (Å²) in [6.45, 7) is 4.84. The molecule has 0 aliphatic carbocycles. The second-order valence-electron chi connectivity index (χ2n) is 4.26. The lowest BCUT2D eigenvalue weighted by molar-refractivity contribution is -0.140. The lowest BCUT2D eigenvalue weighted by atomic mass is 10.0. The lowest BCUT2D eigenvalue weighted by Gasteiger charge is -2.09. The fourth-order valence-electron chi connectivity index (χ4n) is 1.47. The normalized spacial score (nSPS) is 10.4. The van der Waals surface area contributed by atoms with Crippen molar-refractivity contribution in [2.45, 2.75) is 32.6 Å². The third kappa shape index (κ3) is 4.89. The molecular weight excluding hydrogens is 216 g/mol. The first-order chi connectivity index (χ1) is 8.13. The van der Waals surface area contributed by atoms with Gasteiger partial charge in [-0.15, -0.1) is 0 Å². The van der Waals surface area contributed by atoms with Crippen LogP contribution in [0.1, 0.15) is 38.2 Å². The number of hydrogen-bond acceptors (Lipinski definition) is 3. The lowest BCUT2D eigenvalue weighted by Crippen LogP contribution is -2.04. The van der Waals surface area contributed by atoms with Gasteiger partial charge in [0.15, 0.2) is 0 Å². The molecule has 0 radical (unpaired) electrons.